The molecule has 7 nitrogen and oxygen atoms in total. The molecule has 0 aliphatic carbocycles. The van der Waals surface area contributed by atoms with Crippen LogP contribution >= 0.6 is 11.6 Å². The molecule has 4 N–H and O–H groups in total. The molecule has 0 saturated heterocycles. The fourth-order valence-corrected chi connectivity index (χ4v) is 2.27. The molecule has 26 heavy (non-hydrogen) atoms. The van der Waals surface area contributed by atoms with E-state index in [0.29, 0.717) is 39.2 Å². The second-order valence-electron chi connectivity index (χ2n) is 5.27. The summed E-state index contributed by atoms with van der Waals surface area (Å²) in [6.45, 7) is 3.53. The number of rotatable bonds is 5. The number of nitrogens with one attached hydrogen (secondary N) is 2. The first-order valence-electron chi connectivity index (χ1n) is 7.58. The van der Waals surface area contributed by atoms with Crippen molar-refractivity contribution in [1.29, 1.82) is 0 Å². The number of aromatic nitrogens is 3. The lowest BCUT2D eigenvalue weighted by atomic mass is 10.2. The number of allylic oxidation sites excluding steroid dienone is 1. The summed E-state index contributed by atoms with van der Waals surface area (Å²) in [5.74, 6) is 0.556. The number of nitrogens with zero attached hydrogens (tertiary/aromatic N) is 3. The number of pyridine rings is 2. The first-order valence-corrected chi connectivity index (χ1v) is 7.96. The quantitative estimate of drug-likeness (QED) is 0.597. The predicted molar refractivity (Wildman–Crippen MR) is 104 cm³/mol. The van der Waals surface area contributed by atoms with Gasteiger partial charge in [-0.1, -0.05) is 24.2 Å². The van der Waals surface area contributed by atoms with E-state index in [9.17, 15) is 4.79 Å². The Hall–Kier alpha value is -3.45. The molecule has 0 unspecified atom stereocenters. The summed E-state index contributed by atoms with van der Waals surface area (Å²) in [7, 11) is 0. The predicted octanol–water partition coefficient (Wildman–Crippen LogP) is 3.76. The van der Waals surface area contributed by atoms with Crippen LogP contribution in [0.4, 0.5) is 17.3 Å². The van der Waals surface area contributed by atoms with E-state index in [0.717, 1.165) is 0 Å². The van der Waals surface area contributed by atoms with Crippen molar-refractivity contribution in [2.24, 2.45) is 4.99 Å². The molecule has 130 valence electrons. The highest BCUT2D eigenvalue weighted by molar-refractivity contribution is 6.39. The van der Waals surface area contributed by atoms with E-state index in [-0.39, 0.29) is 5.91 Å². The molecular formula is C18H15ClN6O. The normalized spacial score (nSPS) is 10.8. The number of hydrogen-bond acceptors (Lipinski definition) is 5. The molecule has 0 aromatic carbocycles. The molecular weight excluding hydrogens is 352 g/mol. The van der Waals surface area contributed by atoms with Crippen molar-refractivity contribution in [2.45, 2.75) is 0 Å². The minimum absolute atomic E-state index is 0.291. The zero-order valence-corrected chi connectivity index (χ0v) is 14.4. The maximum atomic E-state index is 12.2. The molecule has 3 aromatic heterocycles. The number of halogens is 1. The highest BCUT2D eigenvalue weighted by Crippen LogP contribution is 2.32. The number of carbonyl (C=O) groups is 1. The summed E-state index contributed by atoms with van der Waals surface area (Å²) >= 11 is 5.67. The van der Waals surface area contributed by atoms with Gasteiger partial charge in [-0.25, -0.2) is 9.98 Å². The molecule has 0 spiro atoms. The standard InChI is InChI=1S/C18H15ClN6O/c1-11(19)8-22-17-16(20)13(10-23-17)14-5-2-6-15(24-14)25-18(26)12-4-3-7-21-9-12/h2-10,23H,1,20H2,(H,24,25,26)/b22-8-. The first kappa shape index (κ1) is 17.4. The molecule has 0 atom stereocenters. The van der Waals surface area contributed by atoms with Crippen molar-refractivity contribution >= 4 is 41.0 Å². The first-order chi connectivity index (χ1) is 12.5. The number of hydrogen-bond donors (Lipinski definition) is 3. The molecule has 0 radical (unpaired) electrons. The van der Waals surface area contributed by atoms with Crippen LogP contribution in [0.15, 0.2) is 65.5 Å². The summed E-state index contributed by atoms with van der Waals surface area (Å²) in [5, 5.41) is 3.03. The number of anilines is 2. The van der Waals surface area contributed by atoms with Gasteiger partial charge >= 0.3 is 0 Å². The van der Waals surface area contributed by atoms with E-state index in [1.807, 2.05) is 0 Å². The van der Waals surface area contributed by atoms with E-state index >= 15 is 0 Å². The van der Waals surface area contributed by atoms with Gasteiger partial charge in [-0.3, -0.25) is 9.78 Å². The summed E-state index contributed by atoms with van der Waals surface area (Å²) in [6.07, 6.45) is 6.17. The maximum Gasteiger partial charge on any atom is 0.258 e. The van der Waals surface area contributed by atoms with Gasteiger partial charge < -0.3 is 16.0 Å². The number of aliphatic imine (C=N–C) groups is 1. The number of H-pyrrole nitrogens is 1. The lowest BCUT2D eigenvalue weighted by molar-refractivity contribution is 0.102. The highest BCUT2D eigenvalue weighted by Gasteiger charge is 2.12. The number of amides is 1. The van der Waals surface area contributed by atoms with Gasteiger partial charge in [-0.2, -0.15) is 0 Å². The monoisotopic (exact) mass is 366 g/mol. The van der Waals surface area contributed by atoms with Crippen LogP contribution in [-0.4, -0.2) is 27.1 Å². The van der Waals surface area contributed by atoms with Crippen LogP contribution in [0.25, 0.3) is 11.3 Å². The van der Waals surface area contributed by atoms with Crippen LogP contribution in [0.1, 0.15) is 10.4 Å². The molecule has 3 heterocycles. The van der Waals surface area contributed by atoms with Gasteiger partial charge in [0.15, 0.2) is 5.82 Å². The van der Waals surface area contributed by atoms with E-state index in [4.69, 9.17) is 17.3 Å². The average molecular weight is 367 g/mol. The van der Waals surface area contributed by atoms with Gasteiger partial charge in [0, 0.05) is 30.4 Å². The Morgan fingerprint density at radius 2 is 2.19 bits per heavy atom. The molecule has 0 aliphatic heterocycles. The van der Waals surface area contributed by atoms with Crippen LogP contribution in [0, 0.1) is 0 Å². The van der Waals surface area contributed by atoms with Crippen molar-refractivity contribution in [3.05, 3.63) is 66.1 Å². The van der Waals surface area contributed by atoms with Crippen molar-refractivity contribution < 1.29 is 4.79 Å². The Kier molecular flexibility index (Phi) is 5.09. The van der Waals surface area contributed by atoms with E-state index in [2.05, 4.69) is 31.8 Å². The second-order valence-corrected chi connectivity index (χ2v) is 5.76. The smallest absolute Gasteiger partial charge is 0.258 e. The summed E-state index contributed by atoms with van der Waals surface area (Å²) < 4.78 is 0. The van der Waals surface area contributed by atoms with Crippen LogP contribution in [-0.2, 0) is 0 Å². The SMILES string of the molecule is C=C(Cl)/C=N\c1[nH]cc(-c2cccc(NC(=O)c3cccnc3)n2)c1N. The van der Waals surface area contributed by atoms with Crippen LogP contribution in [0.5, 0.6) is 0 Å². The lowest BCUT2D eigenvalue weighted by Gasteiger charge is -2.06. The summed E-state index contributed by atoms with van der Waals surface area (Å²) in [5.41, 5.74) is 8.23. The van der Waals surface area contributed by atoms with Crippen LogP contribution < -0.4 is 11.1 Å². The molecule has 3 aromatic rings. The summed E-state index contributed by atoms with van der Waals surface area (Å²) in [6, 6.07) is 8.61. The van der Waals surface area contributed by atoms with Crippen LogP contribution in [0.3, 0.4) is 0 Å². The Morgan fingerprint density at radius 1 is 1.35 bits per heavy atom. The number of aromatic amines is 1. The number of nitrogen functional groups attached to an aromatic ring is 1. The van der Waals surface area contributed by atoms with Gasteiger partial charge in [-0.05, 0) is 24.3 Å². The Balaban J connectivity index is 1.84. The van der Waals surface area contributed by atoms with E-state index in [1.54, 1.807) is 42.7 Å². The average Bonchev–Trinajstić information content (AvgIpc) is 3.01. The third kappa shape index (κ3) is 3.96. The summed E-state index contributed by atoms with van der Waals surface area (Å²) in [4.78, 5) is 27.7. The minimum Gasteiger partial charge on any atom is -0.395 e. The second kappa shape index (κ2) is 7.62. The van der Waals surface area contributed by atoms with Gasteiger partial charge in [0.25, 0.3) is 5.91 Å². The highest BCUT2D eigenvalue weighted by atomic mass is 35.5. The fraction of sp³-hybridized carbons (Fsp3) is 0. The Bertz CT molecular complexity index is 980. The van der Waals surface area contributed by atoms with Crippen molar-refractivity contribution in [3.8, 4) is 11.3 Å². The molecule has 0 aliphatic rings. The van der Waals surface area contributed by atoms with E-state index < -0.39 is 0 Å². The van der Waals surface area contributed by atoms with Gasteiger partial charge in [0.2, 0.25) is 0 Å². The van der Waals surface area contributed by atoms with Gasteiger partial charge in [0.05, 0.1) is 22.0 Å². The molecule has 8 heteroatoms. The molecule has 3 rings (SSSR count). The Labute approximate surface area is 154 Å². The number of nitrogens with two attached hydrogens (primary N) is 1. The zero-order chi connectivity index (χ0) is 18.5. The van der Waals surface area contributed by atoms with Crippen LogP contribution in [0.2, 0.25) is 0 Å². The van der Waals surface area contributed by atoms with E-state index in [1.165, 1.54) is 12.4 Å². The third-order valence-corrected chi connectivity index (χ3v) is 3.52. The minimum atomic E-state index is -0.296. The molecule has 1 amide bonds. The van der Waals surface area contributed by atoms with Crippen molar-refractivity contribution in [3.63, 3.8) is 0 Å². The maximum absolute atomic E-state index is 12.2. The van der Waals surface area contributed by atoms with Crippen molar-refractivity contribution in [2.75, 3.05) is 11.1 Å². The molecule has 0 saturated carbocycles. The Morgan fingerprint density at radius 3 is 2.92 bits per heavy atom. The number of carbonyl (C=O) groups excluding carboxylic acids is 1. The molecule has 0 fully saturated rings. The third-order valence-electron chi connectivity index (χ3n) is 3.42. The largest absolute Gasteiger partial charge is 0.395 e. The lowest BCUT2D eigenvalue weighted by Crippen LogP contribution is -2.13. The fourth-order valence-electron chi connectivity index (χ4n) is 2.22. The molecule has 0 bridgehead atoms. The topological polar surface area (TPSA) is 109 Å². The van der Waals surface area contributed by atoms with Gasteiger partial charge in [-0.15, -0.1) is 0 Å². The van der Waals surface area contributed by atoms with Gasteiger partial charge in [0.1, 0.15) is 5.82 Å². The zero-order valence-electron chi connectivity index (χ0n) is 13.6. The van der Waals surface area contributed by atoms with Crippen molar-refractivity contribution in [1.82, 2.24) is 15.0 Å².